The first-order chi connectivity index (χ1) is 9.20. The summed E-state index contributed by atoms with van der Waals surface area (Å²) < 4.78 is 0. The van der Waals surface area contributed by atoms with Crippen molar-refractivity contribution in [2.24, 2.45) is 5.73 Å². The Balaban J connectivity index is 2.22. The van der Waals surface area contributed by atoms with Gasteiger partial charge in [0.1, 0.15) is 0 Å². The van der Waals surface area contributed by atoms with Crippen LogP contribution in [-0.2, 0) is 0 Å². The second-order valence-electron chi connectivity index (χ2n) is 3.51. The van der Waals surface area contributed by atoms with Gasteiger partial charge in [0.2, 0.25) is 0 Å². The average molecular weight is 276 g/mol. The Morgan fingerprint density at radius 2 is 2.37 bits per heavy atom. The van der Waals surface area contributed by atoms with Gasteiger partial charge in [0, 0.05) is 5.56 Å². The maximum absolute atomic E-state index is 11.8. The van der Waals surface area contributed by atoms with Gasteiger partial charge in [0.25, 0.3) is 5.91 Å². The van der Waals surface area contributed by atoms with Crippen LogP contribution < -0.4 is 11.1 Å². The molecule has 6 nitrogen and oxygen atoms in total. The minimum atomic E-state index is -0.403. The zero-order chi connectivity index (χ0) is 13.7. The molecule has 4 N–H and O–H groups in total. The Morgan fingerprint density at radius 3 is 3.05 bits per heavy atom. The van der Waals surface area contributed by atoms with Crippen molar-refractivity contribution < 1.29 is 4.79 Å². The number of carbonyl (C=O) groups is 1. The van der Waals surface area contributed by atoms with Crippen LogP contribution in [0, 0.1) is 11.8 Å². The van der Waals surface area contributed by atoms with E-state index >= 15 is 0 Å². The minimum absolute atomic E-state index is 0.175. The lowest BCUT2D eigenvalue weighted by atomic mass is 10.2. The van der Waals surface area contributed by atoms with E-state index in [4.69, 9.17) is 17.3 Å². The van der Waals surface area contributed by atoms with E-state index in [1.54, 1.807) is 18.2 Å². The molecule has 0 aliphatic heterocycles. The number of rotatable bonds is 2. The van der Waals surface area contributed by atoms with Crippen molar-refractivity contribution in [2.75, 3.05) is 11.9 Å². The molecule has 0 saturated heterocycles. The first kappa shape index (κ1) is 13.1. The molecule has 0 bridgehead atoms. The molecule has 2 rings (SSSR count). The van der Waals surface area contributed by atoms with Crippen LogP contribution in [0.3, 0.4) is 0 Å². The Kier molecular flexibility index (Phi) is 4.13. The second-order valence-corrected chi connectivity index (χ2v) is 3.92. The maximum Gasteiger partial charge on any atom is 0.277 e. The molecular weight excluding hydrogens is 266 g/mol. The van der Waals surface area contributed by atoms with Crippen LogP contribution in [-0.4, -0.2) is 27.9 Å². The fourth-order valence-electron chi connectivity index (χ4n) is 1.35. The largest absolute Gasteiger partial charge is 0.320 e. The summed E-state index contributed by atoms with van der Waals surface area (Å²) in [5.41, 5.74) is 6.65. The molecule has 0 radical (unpaired) electrons. The Bertz CT molecular complexity index is 642. The van der Waals surface area contributed by atoms with E-state index in [0.717, 1.165) is 0 Å². The van der Waals surface area contributed by atoms with Crippen molar-refractivity contribution in [1.29, 1.82) is 0 Å². The van der Waals surface area contributed by atoms with Gasteiger partial charge in [-0.1, -0.05) is 23.4 Å². The van der Waals surface area contributed by atoms with E-state index < -0.39 is 5.91 Å². The minimum Gasteiger partial charge on any atom is -0.320 e. The highest BCUT2D eigenvalue weighted by atomic mass is 35.5. The van der Waals surface area contributed by atoms with Gasteiger partial charge in [0.05, 0.1) is 23.5 Å². The Morgan fingerprint density at radius 1 is 1.53 bits per heavy atom. The third kappa shape index (κ3) is 3.31. The molecule has 1 aromatic heterocycles. The molecule has 7 heteroatoms. The van der Waals surface area contributed by atoms with Crippen molar-refractivity contribution in [1.82, 2.24) is 15.4 Å². The standard InChI is InChI=1S/C12H10ClN5O/c13-9-4-3-8(2-1-5-14)6-10(9)16-12(19)11-7-15-18-17-11/h3-4,6-7H,5,14H2,(H,16,19)(H,15,17,18). The maximum atomic E-state index is 11.8. The van der Waals surface area contributed by atoms with Crippen LogP contribution in [0.4, 0.5) is 5.69 Å². The SMILES string of the molecule is NCC#Cc1ccc(Cl)c(NC(=O)c2cn[nH]n2)c1. The molecule has 0 atom stereocenters. The van der Waals surface area contributed by atoms with Crippen molar-refractivity contribution in [3.05, 3.63) is 40.7 Å². The summed E-state index contributed by atoms with van der Waals surface area (Å²) >= 11 is 6.00. The summed E-state index contributed by atoms with van der Waals surface area (Å²) in [5, 5.41) is 12.6. The Labute approximate surface area is 114 Å². The molecule has 0 fully saturated rings. The number of nitrogens with two attached hydrogens (primary N) is 1. The van der Waals surface area contributed by atoms with Crippen molar-refractivity contribution in [3.8, 4) is 11.8 Å². The summed E-state index contributed by atoms with van der Waals surface area (Å²) in [5.74, 6) is 5.18. The van der Waals surface area contributed by atoms with Gasteiger partial charge >= 0.3 is 0 Å². The van der Waals surface area contributed by atoms with Gasteiger partial charge in [-0.05, 0) is 18.2 Å². The highest BCUT2D eigenvalue weighted by Crippen LogP contribution is 2.23. The number of aromatic amines is 1. The van der Waals surface area contributed by atoms with E-state index in [1.807, 2.05) is 0 Å². The highest BCUT2D eigenvalue weighted by molar-refractivity contribution is 6.33. The number of carbonyl (C=O) groups excluding carboxylic acids is 1. The molecule has 0 aliphatic rings. The van der Waals surface area contributed by atoms with Crippen molar-refractivity contribution >= 4 is 23.2 Å². The predicted octanol–water partition coefficient (Wildman–Crippen LogP) is 1.02. The summed E-state index contributed by atoms with van der Waals surface area (Å²) in [4.78, 5) is 11.8. The quantitative estimate of drug-likeness (QED) is 0.713. The highest BCUT2D eigenvalue weighted by Gasteiger charge is 2.11. The monoisotopic (exact) mass is 275 g/mol. The van der Waals surface area contributed by atoms with Crippen LogP contribution in [0.1, 0.15) is 16.1 Å². The molecule has 0 saturated carbocycles. The van der Waals surface area contributed by atoms with E-state index in [9.17, 15) is 4.79 Å². The van der Waals surface area contributed by atoms with Gasteiger partial charge < -0.3 is 11.1 Å². The number of nitrogens with one attached hydrogen (secondary N) is 2. The van der Waals surface area contributed by atoms with Crippen LogP contribution in [0.25, 0.3) is 0 Å². The molecule has 0 aliphatic carbocycles. The normalized spacial score (nSPS) is 9.58. The van der Waals surface area contributed by atoms with Gasteiger partial charge in [0.15, 0.2) is 5.69 Å². The fraction of sp³-hybridized carbons (Fsp3) is 0.0833. The zero-order valence-electron chi connectivity index (χ0n) is 9.77. The number of hydrogen-bond acceptors (Lipinski definition) is 4. The average Bonchev–Trinajstić information content (AvgIpc) is 2.93. The Hall–Kier alpha value is -2.36. The number of H-pyrrole nitrogens is 1. The molecule has 1 amide bonds. The lowest BCUT2D eigenvalue weighted by Crippen LogP contribution is -2.12. The molecule has 0 spiro atoms. The topological polar surface area (TPSA) is 96.7 Å². The first-order valence-corrected chi connectivity index (χ1v) is 5.74. The van der Waals surface area contributed by atoms with E-state index in [1.165, 1.54) is 6.20 Å². The third-order valence-electron chi connectivity index (χ3n) is 2.20. The second kappa shape index (κ2) is 6.00. The predicted molar refractivity (Wildman–Crippen MR) is 71.7 cm³/mol. The molecule has 2 aromatic rings. The molecule has 1 heterocycles. The number of anilines is 1. The molecule has 0 unspecified atom stereocenters. The summed E-state index contributed by atoms with van der Waals surface area (Å²) in [6, 6.07) is 5.07. The summed E-state index contributed by atoms with van der Waals surface area (Å²) in [6.07, 6.45) is 1.32. The number of aromatic nitrogens is 3. The lowest BCUT2D eigenvalue weighted by molar-refractivity contribution is 0.102. The van der Waals surface area contributed by atoms with Crippen molar-refractivity contribution in [3.63, 3.8) is 0 Å². The molecule has 96 valence electrons. The molecule has 19 heavy (non-hydrogen) atoms. The zero-order valence-corrected chi connectivity index (χ0v) is 10.5. The van der Waals surface area contributed by atoms with E-state index in [0.29, 0.717) is 16.3 Å². The summed E-state index contributed by atoms with van der Waals surface area (Å²) in [6.45, 7) is 0.267. The van der Waals surface area contributed by atoms with E-state index in [2.05, 4.69) is 32.6 Å². The number of nitrogens with zero attached hydrogens (tertiary/aromatic N) is 2. The van der Waals surface area contributed by atoms with E-state index in [-0.39, 0.29) is 12.2 Å². The third-order valence-corrected chi connectivity index (χ3v) is 2.53. The molecular formula is C12H10ClN5O. The molecule has 1 aromatic carbocycles. The number of benzene rings is 1. The number of halogens is 1. The van der Waals surface area contributed by atoms with Crippen LogP contribution >= 0.6 is 11.6 Å². The van der Waals surface area contributed by atoms with Crippen LogP contribution in [0.15, 0.2) is 24.4 Å². The smallest absolute Gasteiger partial charge is 0.277 e. The number of hydrogen-bond donors (Lipinski definition) is 3. The number of amides is 1. The first-order valence-electron chi connectivity index (χ1n) is 5.36. The van der Waals surface area contributed by atoms with Crippen LogP contribution in [0.2, 0.25) is 5.02 Å². The van der Waals surface area contributed by atoms with Crippen LogP contribution in [0.5, 0.6) is 0 Å². The van der Waals surface area contributed by atoms with Crippen molar-refractivity contribution in [2.45, 2.75) is 0 Å². The van der Waals surface area contributed by atoms with Gasteiger partial charge in [-0.2, -0.15) is 15.4 Å². The van der Waals surface area contributed by atoms with Gasteiger partial charge in [-0.15, -0.1) is 0 Å². The van der Waals surface area contributed by atoms with Gasteiger partial charge in [-0.3, -0.25) is 4.79 Å². The lowest BCUT2D eigenvalue weighted by Gasteiger charge is -2.05. The van der Waals surface area contributed by atoms with Gasteiger partial charge in [-0.25, -0.2) is 0 Å². The fourth-order valence-corrected chi connectivity index (χ4v) is 1.51. The summed E-state index contributed by atoms with van der Waals surface area (Å²) in [7, 11) is 0.